The van der Waals surface area contributed by atoms with Gasteiger partial charge in [0, 0.05) is 5.56 Å². The van der Waals surface area contributed by atoms with E-state index in [0.717, 1.165) is 12.2 Å². The Labute approximate surface area is 148 Å². The van der Waals surface area contributed by atoms with Gasteiger partial charge in [-0.15, -0.1) is 0 Å². The zero-order valence-electron chi connectivity index (χ0n) is 14.8. The Balaban J connectivity index is 1.86. The van der Waals surface area contributed by atoms with E-state index in [1.165, 1.54) is 26.2 Å². The molecular weight excluding hydrogens is 316 g/mol. The number of benzene rings is 2. The highest BCUT2D eigenvalue weighted by Gasteiger charge is 2.09. The first-order valence-corrected chi connectivity index (χ1v) is 8.66. The van der Waals surface area contributed by atoms with Crippen LogP contribution < -0.4 is 9.47 Å². The Morgan fingerprint density at radius 3 is 2.00 bits per heavy atom. The van der Waals surface area contributed by atoms with Crippen molar-refractivity contribution < 1.29 is 19.1 Å². The van der Waals surface area contributed by atoms with Gasteiger partial charge in [0.2, 0.25) is 0 Å². The Bertz CT molecular complexity index is 687. The molecule has 2 aromatic carbocycles. The van der Waals surface area contributed by atoms with Crippen LogP contribution in [0.5, 0.6) is 11.5 Å². The van der Waals surface area contributed by atoms with Crippen molar-refractivity contribution in [1.82, 2.24) is 0 Å². The van der Waals surface area contributed by atoms with Gasteiger partial charge in [-0.05, 0) is 61.9 Å². The number of esters is 1. The van der Waals surface area contributed by atoms with Crippen LogP contribution in [-0.2, 0) is 0 Å². The minimum absolute atomic E-state index is 0.0249. The Morgan fingerprint density at radius 1 is 0.800 bits per heavy atom. The molecule has 0 spiro atoms. The van der Waals surface area contributed by atoms with Gasteiger partial charge in [0.25, 0.3) is 0 Å². The number of ketones is 1. The fourth-order valence-corrected chi connectivity index (χ4v) is 2.33. The molecule has 0 N–H and O–H groups in total. The van der Waals surface area contributed by atoms with Crippen molar-refractivity contribution in [2.75, 3.05) is 6.61 Å². The number of hydrogen-bond donors (Lipinski definition) is 0. The summed E-state index contributed by atoms with van der Waals surface area (Å²) >= 11 is 0. The van der Waals surface area contributed by atoms with Crippen LogP contribution in [0.3, 0.4) is 0 Å². The van der Waals surface area contributed by atoms with Gasteiger partial charge in [-0.2, -0.15) is 0 Å². The van der Waals surface area contributed by atoms with Crippen molar-refractivity contribution in [3.63, 3.8) is 0 Å². The van der Waals surface area contributed by atoms with Crippen molar-refractivity contribution >= 4 is 11.8 Å². The van der Waals surface area contributed by atoms with E-state index in [1.807, 2.05) is 0 Å². The van der Waals surface area contributed by atoms with Crippen LogP contribution in [0.4, 0.5) is 0 Å². The molecule has 25 heavy (non-hydrogen) atoms. The molecule has 2 aromatic rings. The molecule has 4 heteroatoms. The smallest absolute Gasteiger partial charge is 0.343 e. The summed E-state index contributed by atoms with van der Waals surface area (Å²) in [7, 11) is 0. The molecule has 0 radical (unpaired) electrons. The lowest BCUT2D eigenvalue weighted by atomic mass is 10.1. The van der Waals surface area contributed by atoms with Crippen LogP contribution in [0, 0.1) is 0 Å². The van der Waals surface area contributed by atoms with Gasteiger partial charge in [0.15, 0.2) is 5.78 Å². The highest BCUT2D eigenvalue weighted by atomic mass is 16.5. The standard InChI is InChI=1S/C21H24O4/c1-3-4-5-6-15-24-19-11-9-18(10-12-19)21(23)25-20-13-7-17(8-14-20)16(2)22/h7-14H,3-6,15H2,1-2H3. The molecule has 0 aliphatic rings. The molecule has 0 saturated carbocycles. The van der Waals surface area contributed by atoms with Crippen molar-refractivity contribution in [2.45, 2.75) is 39.5 Å². The first kappa shape index (κ1) is 18.7. The summed E-state index contributed by atoms with van der Waals surface area (Å²) in [5.41, 5.74) is 1.04. The Morgan fingerprint density at radius 2 is 1.40 bits per heavy atom. The third-order valence-electron chi connectivity index (χ3n) is 3.83. The van der Waals surface area contributed by atoms with Crippen molar-refractivity contribution in [3.8, 4) is 11.5 Å². The predicted molar refractivity (Wildman–Crippen MR) is 97.5 cm³/mol. The predicted octanol–water partition coefficient (Wildman–Crippen LogP) is 5.07. The summed E-state index contributed by atoms with van der Waals surface area (Å²) in [4.78, 5) is 23.4. The SMILES string of the molecule is CCCCCCOc1ccc(C(=O)Oc2ccc(C(C)=O)cc2)cc1. The normalized spacial score (nSPS) is 10.3. The molecule has 0 fully saturated rings. The summed E-state index contributed by atoms with van der Waals surface area (Å²) in [6.07, 6.45) is 4.63. The molecule has 0 heterocycles. The molecule has 0 saturated heterocycles. The lowest BCUT2D eigenvalue weighted by Crippen LogP contribution is -2.08. The zero-order chi connectivity index (χ0) is 18.1. The first-order chi connectivity index (χ1) is 12.1. The van der Waals surface area contributed by atoms with E-state index in [0.29, 0.717) is 23.5 Å². The van der Waals surface area contributed by atoms with Crippen molar-refractivity contribution in [3.05, 3.63) is 59.7 Å². The van der Waals surface area contributed by atoms with Crippen LogP contribution in [0.25, 0.3) is 0 Å². The molecule has 132 valence electrons. The lowest BCUT2D eigenvalue weighted by Gasteiger charge is -2.08. The average Bonchev–Trinajstić information content (AvgIpc) is 2.62. The maximum absolute atomic E-state index is 12.1. The minimum Gasteiger partial charge on any atom is -0.494 e. The van der Waals surface area contributed by atoms with Crippen LogP contribution in [0.15, 0.2) is 48.5 Å². The van der Waals surface area contributed by atoms with Crippen LogP contribution in [0.1, 0.15) is 60.2 Å². The van der Waals surface area contributed by atoms with Crippen molar-refractivity contribution in [2.24, 2.45) is 0 Å². The van der Waals surface area contributed by atoms with E-state index in [1.54, 1.807) is 48.5 Å². The number of carbonyl (C=O) groups is 2. The molecule has 0 aliphatic carbocycles. The first-order valence-electron chi connectivity index (χ1n) is 8.66. The molecule has 0 amide bonds. The van der Waals surface area contributed by atoms with E-state index < -0.39 is 5.97 Å². The molecular formula is C21H24O4. The topological polar surface area (TPSA) is 52.6 Å². The molecule has 0 atom stereocenters. The molecule has 0 aromatic heterocycles. The van der Waals surface area contributed by atoms with E-state index in [-0.39, 0.29) is 5.78 Å². The summed E-state index contributed by atoms with van der Waals surface area (Å²) in [6, 6.07) is 13.4. The highest BCUT2D eigenvalue weighted by Crippen LogP contribution is 2.17. The monoisotopic (exact) mass is 340 g/mol. The summed E-state index contributed by atoms with van der Waals surface area (Å²) in [6.45, 7) is 4.36. The highest BCUT2D eigenvalue weighted by molar-refractivity contribution is 5.94. The number of rotatable bonds is 9. The number of carbonyl (C=O) groups excluding carboxylic acids is 2. The van der Waals surface area contributed by atoms with Crippen LogP contribution >= 0.6 is 0 Å². The summed E-state index contributed by atoms with van der Waals surface area (Å²) < 4.78 is 11.0. The van der Waals surface area contributed by atoms with Gasteiger partial charge < -0.3 is 9.47 Å². The number of ether oxygens (including phenoxy) is 2. The third kappa shape index (κ3) is 6.07. The second kappa shape index (κ2) is 9.62. The van der Waals surface area contributed by atoms with Crippen LogP contribution in [-0.4, -0.2) is 18.4 Å². The van der Waals surface area contributed by atoms with Crippen LogP contribution in [0.2, 0.25) is 0 Å². The molecule has 2 rings (SSSR count). The summed E-state index contributed by atoms with van der Waals surface area (Å²) in [5.74, 6) is 0.693. The molecule has 0 aliphatic heterocycles. The van der Waals surface area contributed by atoms with Gasteiger partial charge in [-0.3, -0.25) is 4.79 Å². The fourth-order valence-electron chi connectivity index (χ4n) is 2.33. The van der Waals surface area contributed by atoms with E-state index in [2.05, 4.69) is 6.92 Å². The van der Waals surface area contributed by atoms with Gasteiger partial charge >= 0.3 is 5.97 Å². The van der Waals surface area contributed by atoms with Gasteiger partial charge in [-0.25, -0.2) is 4.79 Å². The number of unbranched alkanes of at least 4 members (excludes halogenated alkanes) is 3. The van der Waals surface area contributed by atoms with E-state index in [4.69, 9.17) is 9.47 Å². The van der Waals surface area contributed by atoms with E-state index >= 15 is 0 Å². The maximum Gasteiger partial charge on any atom is 0.343 e. The van der Waals surface area contributed by atoms with Crippen molar-refractivity contribution in [1.29, 1.82) is 0 Å². The largest absolute Gasteiger partial charge is 0.494 e. The zero-order valence-corrected chi connectivity index (χ0v) is 14.8. The molecule has 4 nitrogen and oxygen atoms in total. The quantitative estimate of drug-likeness (QED) is 0.277. The van der Waals surface area contributed by atoms with Gasteiger partial charge in [-0.1, -0.05) is 26.2 Å². The Hall–Kier alpha value is -2.62. The molecule has 0 bridgehead atoms. The average molecular weight is 340 g/mol. The number of hydrogen-bond acceptors (Lipinski definition) is 4. The summed E-state index contributed by atoms with van der Waals surface area (Å²) in [5, 5.41) is 0. The van der Waals surface area contributed by atoms with E-state index in [9.17, 15) is 9.59 Å². The molecule has 0 unspecified atom stereocenters. The fraction of sp³-hybridized carbons (Fsp3) is 0.333. The second-order valence-electron chi connectivity index (χ2n) is 5.90. The van der Waals surface area contributed by atoms with Gasteiger partial charge in [0.1, 0.15) is 11.5 Å². The second-order valence-corrected chi connectivity index (χ2v) is 5.90. The lowest BCUT2D eigenvalue weighted by molar-refractivity contribution is 0.0734. The minimum atomic E-state index is -0.440. The van der Waals surface area contributed by atoms with Gasteiger partial charge in [0.05, 0.1) is 12.2 Å². The maximum atomic E-state index is 12.1. The third-order valence-corrected chi connectivity index (χ3v) is 3.83. The Kier molecular flexibility index (Phi) is 7.20. The number of Topliss-reactive ketones (excluding diaryl/α,β-unsaturated/α-hetero) is 1.